The second kappa shape index (κ2) is 3.81. The first-order valence-electron chi connectivity index (χ1n) is 3.52. The van der Waals surface area contributed by atoms with E-state index in [0.717, 1.165) is 0 Å². The van der Waals surface area contributed by atoms with Gasteiger partial charge in [0.25, 0.3) is 0 Å². The van der Waals surface area contributed by atoms with Crippen LogP contribution in [0.2, 0.25) is 0 Å². The summed E-state index contributed by atoms with van der Waals surface area (Å²) in [5.74, 6) is -0.284. The van der Waals surface area contributed by atoms with Crippen LogP contribution in [0.15, 0.2) is 22.7 Å². The molecule has 0 aromatic heterocycles. The predicted molar refractivity (Wildman–Crippen MR) is 48.5 cm³/mol. The van der Waals surface area contributed by atoms with Crippen molar-refractivity contribution in [2.45, 2.75) is 13.3 Å². The van der Waals surface area contributed by atoms with Gasteiger partial charge in [0.2, 0.25) is 0 Å². The van der Waals surface area contributed by atoms with Crippen molar-refractivity contribution in [1.82, 2.24) is 0 Å². The van der Waals surface area contributed by atoms with Crippen LogP contribution in [0.5, 0.6) is 0 Å². The second-order valence-electron chi connectivity index (χ2n) is 2.66. The molecule has 64 valence electrons. The molecular weight excluding hydrogens is 223 g/mol. The Hall–Kier alpha value is -0.700. The molecule has 0 aliphatic heterocycles. The van der Waals surface area contributed by atoms with Crippen LogP contribution in [0, 0.1) is 5.82 Å². The molecule has 0 amide bonds. The smallest absolute Gasteiger partial charge is 0.134 e. The minimum Gasteiger partial charge on any atom is -0.300 e. The van der Waals surface area contributed by atoms with Crippen LogP contribution in [0.3, 0.4) is 0 Å². The molecule has 0 aliphatic rings. The molecule has 1 rings (SSSR count). The van der Waals surface area contributed by atoms with Gasteiger partial charge in [0.05, 0.1) is 0 Å². The molecule has 0 atom stereocenters. The van der Waals surface area contributed by atoms with E-state index in [1.165, 1.54) is 19.1 Å². The zero-order chi connectivity index (χ0) is 9.14. The van der Waals surface area contributed by atoms with Crippen molar-refractivity contribution in [2.24, 2.45) is 0 Å². The number of rotatable bonds is 2. The largest absolute Gasteiger partial charge is 0.300 e. The van der Waals surface area contributed by atoms with E-state index in [1.54, 1.807) is 6.07 Å². The number of carbonyl (C=O) groups excluding carboxylic acids is 1. The van der Waals surface area contributed by atoms with E-state index in [4.69, 9.17) is 0 Å². The third kappa shape index (κ3) is 2.74. The Morgan fingerprint density at radius 2 is 2.17 bits per heavy atom. The molecule has 1 aromatic carbocycles. The van der Waals surface area contributed by atoms with Gasteiger partial charge in [0.15, 0.2) is 0 Å². The predicted octanol–water partition coefficient (Wildman–Crippen LogP) is 2.72. The Morgan fingerprint density at radius 3 is 2.67 bits per heavy atom. The van der Waals surface area contributed by atoms with E-state index >= 15 is 0 Å². The molecule has 0 bridgehead atoms. The molecule has 0 fully saturated rings. The average Bonchev–Trinajstić information content (AvgIpc) is 1.81. The van der Waals surface area contributed by atoms with Gasteiger partial charge in [-0.2, -0.15) is 0 Å². The van der Waals surface area contributed by atoms with Crippen LogP contribution in [0.25, 0.3) is 0 Å². The third-order valence-electron chi connectivity index (χ3n) is 1.38. The summed E-state index contributed by atoms with van der Waals surface area (Å²) in [5, 5.41) is 0. The second-order valence-corrected chi connectivity index (χ2v) is 3.57. The van der Waals surface area contributed by atoms with Crippen molar-refractivity contribution in [1.29, 1.82) is 0 Å². The van der Waals surface area contributed by atoms with Gasteiger partial charge < -0.3 is 0 Å². The van der Waals surface area contributed by atoms with E-state index in [9.17, 15) is 9.18 Å². The van der Waals surface area contributed by atoms with Crippen LogP contribution >= 0.6 is 15.9 Å². The van der Waals surface area contributed by atoms with Crippen LogP contribution < -0.4 is 0 Å². The molecule has 0 saturated carbocycles. The fraction of sp³-hybridized carbons (Fsp3) is 0.222. The highest BCUT2D eigenvalue weighted by molar-refractivity contribution is 9.10. The Kier molecular flexibility index (Phi) is 2.98. The summed E-state index contributed by atoms with van der Waals surface area (Å²) in [7, 11) is 0. The molecular formula is C9H8BrFO. The van der Waals surface area contributed by atoms with Crippen molar-refractivity contribution in [3.63, 3.8) is 0 Å². The van der Waals surface area contributed by atoms with Gasteiger partial charge in [0.1, 0.15) is 11.6 Å². The van der Waals surface area contributed by atoms with Crippen LogP contribution in [-0.2, 0) is 11.2 Å². The fourth-order valence-corrected chi connectivity index (χ4v) is 1.51. The molecule has 0 N–H and O–H groups in total. The van der Waals surface area contributed by atoms with Crippen molar-refractivity contribution >= 4 is 21.7 Å². The normalized spacial score (nSPS) is 9.92. The number of ketones is 1. The summed E-state index contributed by atoms with van der Waals surface area (Å²) in [5.41, 5.74) is 0.703. The lowest BCUT2D eigenvalue weighted by atomic mass is 10.1. The van der Waals surface area contributed by atoms with Gasteiger partial charge in [-0.1, -0.05) is 15.9 Å². The van der Waals surface area contributed by atoms with Gasteiger partial charge >= 0.3 is 0 Å². The number of carbonyl (C=O) groups is 1. The van der Waals surface area contributed by atoms with E-state index in [2.05, 4.69) is 15.9 Å². The highest BCUT2D eigenvalue weighted by Crippen LogP contribution is 2.15. The summed E-state index contributed by atoms with van der Waals surface area (Å²) in [6.45, 7) is 1.48. The Balaban J connectivity index is 2.93. The van der Waals surface area contributed by atoms with Gasteiger partial charge in [0, 0.05) is 10.9 Å². The van der Waals surface area contributed by atoms with Crippen LogP contribution in [0.1, 0.15) is 12.5 Å². The SMILES string of the molecule is CC(=O)Cc1cc(F)cc(Br)c1. The van der Waals surface area contributed by atoms with Gasteiger partial charge in [-0.15, -0.1) is 0 Å². The molecule has 0 heterocycles. The maximum absolute atomic E-state index is 12.7. The van der Waals surface area contributed by atoms with Crippen LogP contribution in [-0.4, -0.2) is 5.78 Å². The maximum Gasteiger partial charge on any atom is 0.134 e. The summed E-state index contributed by atoms with van der Waals surface area (Å²) >= 11 is 3.15. The standard InChI is InChI=1S/C9H8BrFO/c1-6(12)2-7-3-8(10)5-9(11)4-7/h3-5H,2H2,1H3. The van der Waals surface area contributed by atoms with E-state index < -0.39 is 0 Å². The average molecular weight is 231 g/mol. The Morgan fingerprint density at radius 1 is 1.50 bits per heavy atom. The van der Waals surface area contributed by atoms with Crippen molar-refractivity contribution in [2.75, 3.05) is 0 Å². The first kappa shape index (κ1) is 9.39. The third-order valence-corrected chi connectivity index (χ3v) is 1.83. The number of hydrogen-bond donors (Lipinski definition) is 0. The van der Waals surface area contributed by atoms with Gasteiger partial charge in [-0.05, 0) is 30.7 Å². The molecule has 0 saturated heterocycles. The van der Waals surface area contributed by atoms with Gasteiger partial charge in [-0.25, -0.2) is 4.39 Å². The zero-order valence-corrected chi connectivity index (χ0v) is 8.19. The van der Waals surface area contributed by atoms with Crippen molar-refractivity contribution in [3.05, 3.63) is 34.1 Å². The summed E-state index contributed by atoms with van der Waals surface area (Å²) in [6, 6.07) is 4.47. The molecule has 1 nitrogen and oxygen atoms in total. The minimum absolute atomic E-state index is 0.0347. The number of hydrogen-bond acceptors (Lipinski definition) is 1. The summed E-state index contributed by atoms with van der Waals surface area (Å²) < 4.78 is 13.4. The first-order chi connectivity index (χ1) is 5.58. The lowest BCUT2D eigenvalue weighted by Gasteiger charge is -1.98. The molecule has 3 heteroatoms. The topological polar surface area (TPSA) is 17.1 Å². The monoisotopic (exact) mass is 230 g/mol. The molecule has 0 spiro atoms. The Bertz CT molecular complexity index is 289. The molecule has 0 unspecified atom stereocenters. The van der Waals surface area contributed by atoms with Crippen LogP contribution in [0.4, 0.5) is 4.39 Å². The molecule has 0 radical (unpaired) electrons. The minimum atomic E-state index is -0.319. The maximum atomic E-state index is 12.7. The quantitative estimate of drug-likeness (QED) is 0.764. The van der Waals surface area contributed by atoms with Crippen molar-refractivity contribution in [3.8, 4) is 0 Å². The Labute approximate surface area is 78.7 Å². The van der Waals surface area contributed by atoms with Gasteiger partial charge in [-0.3, -0.25) is 4.79 Å². The zero-order valence-electron chi connectivity index (χ0n) is 6.60. The molecule has 1 aromatic rings. The number of halogens is 2. The highest BCUT2D eigenvalue weighted by Gasteiger charge is 2.01. The van der Waals surface area contributed by atoms with E-state index in [-0.39, 0.29) is 18.0 Å². The highest BCUT2D eigenvalue weighted by atomic mass is 79.9. The number of benzene rings is 1. The number of Topliss-reactive ketones (excluding diaryl/α,β-unsaturated/α-hetero) is 1. The van der Waals surface area contributed by atoms with E-state index in [0.29, 0.717) is 10.0 Å². The lowest BCUT2D eigenvalue weighted by molar-refractivity contribution is -0.116. The first-order valence-corrected chi connectivity index (χ1v) is 4.31. The lowest BCUT2D eigenvalue weighted by Crippen LogP contribution is -1.96. The fourth-order valence-electron chi connectivity index (χ4n) is 1.00. The van der Waals surface area contributed by atoms with Crippen molar-refractivity contribution < 1.29 is 9.18 Å². The molecule has 0 aliphatic carbocycles. The molecule has 12 heavy (non-hydrogen) atoms. The summed E-state index contributed by atoms with van der Waals surface area (Å²) in [4.78, 5) is 10.7. The summed E-state index contributed by atoms with van der Waals surface area (Å²) in [6.07, 6.45) is 0.288. The van der Waals surface area contributed by atoms with E-state index in [1.807, 2.05) is 0 Å².